The molecule has 0 bridgehead atoms. The van der Waals surface area contributed by atoms with Gasteiger partial charge in [-0.1, -0.05) is 0 Å². The van der Waals surface area contributed by atoms with Gasteiger partial charge in [-0.15, -0.1) is 0 Å². The highest BCUT2D eigenvalue weighted by atomic mass is 19.3. The molecule has 0 spiro atoms. The van der Waals surface area contributed by atoms with Crippen molar-refractivity contribution in [2.75, 3.05) is 13.1 Å². The molecule has 0 aliphatic carbocycles. The Morgan fingerprint density at radius 2 is 2.33 bits per heavy atom. The zero-order valence-corrected chi connectivity index (χ0v) is 8.67. The molecule has 3 nitrogen and oxygen atoms in total. The number of likely N-dealkylation sites (tertiary alicyclic amines) is 1. The van der Waals surface area contributed by atoms with E-state index in [1.165, 1.54) is 4.90 Å². The van der Waals surface area contributed by atoms with Gasteiger partial charge in [0.05, 0.1) is 6.07 Å². The van der Waals surface area contributed by atoms with E-state index in [1.807, 2.05) is 0 Å². The van der Waals surface area contributed by atoms with E-state index in [2.05, 4.69) is 0 Å². The van der Waals surface area contributed by atoms with Gasteiger partial charge >= 0.3 is 0 Å². The average molecular weight is 216 g/mol. The van der Waals surface area contributed by atoms with Crippen LogP contribution in [-0.2, 0) is 4.79 Å². The van der Waals surface area contributed by atoms with Gasteiger partial charge in [0.2, 0.25) is 11.8 Å². The van der Waals surface area contributed by atoms with Crippen LogP contribution >= 0.6 is 0 Å². The molecule has 0 saturated carbocycles. The van der Waals surface area contributed by atoms with Crippen molar-refractivity contribution in [1.82, 2.24) is 4.90 Å². The number of carbonyl (C=O) groups excluding carboxylic acids is 1. The van der Waals surface area contributed by atoms with Crippen molar-refractivity contribution in [2.45, 2.75) is 32.1 Å². The lowest BCUT2D eigenvalue weighted by molar-refractivity contribution is -0.136. The molecular formula is C10H14F2N2O. The summed E-state index contributed by atoms with van der Waals surface area (Å²) in [6.45, 7) is 1.45. The highest BCUT2D eigenvalue weighted by Gasteiger charge is 2.38. The van der Waals surface area contributed by atoms with E-state index in [4.69, 9.17) is 5.26 Å². The summed E-state index contributed by atoms with van der Waals surface area (Å²) in [6, 6.07) is 1.74. The lowest BCUT2D eigenvalue weighted by atomic mass is 9.92. The summed E-state index contributed by atoms with van der Waals surface area (Å²) in [5.74, 6) is -3.86. The van der Waals surface area contributed by atoms with Crippen LogP contribution in [0, 0.1) is 17.2 Å². The largest absolute Gasteiger partial charge is 0.341 e. The highest BCUT2D eigenvalue weighted by Crippen LogP contribution is 2.31. The summed E-state index contributed by atoms with van der Waals surface area (Å²) in [7, 11) is 0. The van der Waals surface area contributed by atoms with Crippen LogP contribution in [0.15, 0.2) is 0 Å². The lowest BCUT2D eigenvalue weighted by Crippen LogP contribution is -2.44. The molecule has 0 radical (unpaired) electrons. The molecule has 1 rings (SSSR count). The van der Waals surface area contributed by atoms with Crippen LogP contribution < -0.4 is 0 Å². The van der Waals surface area contributed by atoms with E-state index in [1.54, 1.807) is 6.07 Å². The van der Waals surface area contributed by atoms with E-state index in [9.17, 15) is 13.6 Å². The highest BCUT2D eigenvalue weighted by molar-refractivity contribution is 5.78. The van der Waals surface area contributed by atoms with Crippen LogP contribution in [0.5, 0.6) is 0 Å². The van der Waals surface area contributed by atoms with Gasteiger partial charge < -0.3 is 4.90 Å². The number of hydrogen-bond donors (Lipinski definition) is 0. The Labute approximate surface area is 87.7 Å². The zero-order chi connectivity index (χ0) is 11.5. The summed E-state index contributed by atoms with van der Waals surface area (Å²) in [5.41, 5.74) is 0. The molecule has 1 fully saturated rings. The van der Waals surface area contributed by atoms with Gasteiger partial charge in [-0.2, -0.15) is 5.26 Å². The minimum absolute atomic E-state index is 0.0734. The molecule has 0 aromatic heterocycles. The first-order chi connectivity index (χ1) is 6.95. The van der Waals surface area contributed by atoms with Crippen molar-refractivity contribution in [3.8, 4) is 6.07 Å². The van der Waals surface area contributed by atoms with Gasteiger partial charge in [-0.25, -0.2) is 8.78 Å². The van der Waals surface area contributed by atoms with Gasteiger partial charge in [0.1, 0.15) is 6.42 Å². The third kappa shape index (κ3) is 3.15. The third-order valence-corrected chi connectivity index (χ3v) is 2.72. The van der Waals surface area contributed by atoms with Crippen molar-refractivity contribution < 1.29 is 13.6 Å². The van der Waals surface area contributed by atoms with Crippen LogP contribution in [0.25, 0.3) is 0 Å². The van der Waals surface area contributed by atoms with E-state index >= 15 is 0 Å². The summed E-state index contributed by atoms with van der Waals surface area (Å²) in [6.07, 6.45) is 0.813. The molecule has 1 heterocycles. The molecule has 0 aromatic carbocycles. The molecule has 5 heteroatoms. The SMILES string of the molecule is CC(F)(F)C1CCCN(C(=O)CC#N)C1. The molecule has 1 unspecified atom stereocenters. The summed E-state index contributed by atoms with van der Waals surface area (Å²) in [5, 5.41) is 8.35. The molecule has 0 N–H and O–H groups in total. The number of hydrogen-bond acceptors (Lipinski definition) is 2. The van der Waals surface area contributed by atoms with Crippen molar-refractivity contribution >= 4 is 5.91 Å². The lowest BCUT2D eigenvalue weighted by Gasteiger charge is -2.35. The normalized spacial score (nSPS) is 22.3. The fourth-order valence-electron chi connectivity index (χ4n) is 1.80. The number of nitriles is 1. The Morgan fingerprint density at radius 1 is 1.67 bits per heavy atom. The second kappa shape index (κ2) is 4.56. The first-order valence-corrected chi connectivity index (χ1v) is 4.97. The molecule has 84 valence electrons. The van der Waals surface area contributed by atoms with Crippen LogP contribution in [0.2, 0.25) is 0 Å². The van der Waals surface area contributed by atoms with Crippen LogP contribution in [0.3, 0.4) is 0 Å². The molecule has 1 aliphatic heterocycles. The minimum atomic E-state index is -2.74. The molecule has 1 atom stereocenters. The van der Waals surface area contributed by atoms with Gasteiger partial charge in [0, 0.05) is 19.0 Å². The zero-order valence-electron chi connectivity index (χ0n) is 8.67. The number of carbonyl (C=O) groups is 1. The second-order valence-corrected chi connectivity index (χ2v) is 3.97. The predicted molar refractivity (Wildman–Crippen MR) is 50.2 cm³/mol. The van der Waals surface area contributed by atoms with E-state index in [-0.39, 0.29) is 18.9 Å². The first kappa shape index (κ1) is 11.9. The summed E-state index contributed by atoms with van der Waals surface area (Å²) < 4.78 is 26.1. The van der Waals surface area contributed by atoms with Crippen molar-refractivity contribution in [1.29, 1.82) is 5.26 Å². The number of rotatable bonds is 2. The quantitative estimate of drug-likeness (QED) is 0.706. The Balaban J connectivity index is 2.57. The summed E-state index contributed by atoms with van der Waals surface area (Å²) >= 11 is 0. The number of nitrogens with zero attached hydrogens (tertiary/aromatic N) is 2. The van der Waals surface area contributed by atoms with Crippen molar-refractivity contribution in [3.05, 3.63) is 0 Å². The van der Waals surface area contributed by atoms with Gasteiger partial charge in [0.25, 0.3) is 0 Å². The average Bonchev–Trinajstić information content (AvgIpc) is 2.17. The van der Waals surface area contributed by atoms with E-state index < -0.39 is 11.8 Å². The first-order valence-electron chi connectivity index (χ1n) is 4.97. The molecule has 1 aliphatic rings. The minimum Gasteiger partial charge on any atom is -0.341 e. The van der Waals surface area contributed by atoms with Crippen molar-refractivity contribution in [2.24, 2.45) is 5.92 Å². The second-order valence-electron chi connectivity index (χ2n) is 3.97. The standard InChI is InChI=1S/C10H14F2N2O/c1-10(11,12)8-3-2-6-14(7-8)9(15)4-5-13/h8H,2-4,6-7H2,1H3. The molecule has 1 saturated heterocycles. The molecule has 1 amide bonds. The Hall–Kier alpha value is -1.18. The smallest absolute Gasteiger partial charge is 0.249 e. The molecular weight excluding hydrogens is 202 g/mol. The maximum absolute atomic E-state index is 13.0. The Kier molecular flexibility index (Phi) is 3.61. The number of alkyl halides is 2. The predicted octanol–water partition coefficient (Wildman–Crippen LogP) is 1.79. The summed E-state index contributed by atoms with van der Waals surface area (Å²) in [4.78, 5) is 12.7. The third-order valence-electron chi connectivity index (χ3n) is 2.72. The maximum Gasteiger partial charge on any atom is 0.249 e. The maximum atomic E-state index is 13.0. The molecule has 15 heavy (non-hydrogen) atoms. The number of piperidine rings is 1. The van der Waals surface area contributed by atoms with Crippen LogP contribution in [0.1, 0.15) is 26.2 Å². The fourth-order valence-corrected chi connectivity index (χ4v) is 1.80. The van der Waals surface area contributed by atoms with Crippen LogP contribution in [0.4, 0.5) is 8.78 Å². The van der Waals surface area contributed by atoms with Gasteiger partial charge in [-0.3, -0.25) is 4.79 Å². The Bertz CT molecular complexity index is 280. The van der Waals surface area contributed by atoms with E-state index in [0.717, 1.165) is 6.92 Å². The monoisotopic (exact) mass is 216 g/mol. The van der Waals surface area contributed by atoms with Crippen LogP contribution in [-0.4, -0.2) is 29.8 Å². The van der Waals surface area contributed by atoms with Gasteiger partial charge in [0.15, 0.2) is 0 Å². The van der Waals surface area contributed by atoms with Gasteiger partial charge in [-0.05, 0) is 19.8 Å². The van der Waals surface area contributed by atoms with E-state index in [0.29, 0.717) is 19.4 Å². The number of amides is 1. The topological polar surface area (TPSA) is 44.1 Å². The Morgan fingerprint density at radius 3 is 2.87 bits per heavy atom. The number of halogens is 2. The fraction of sp³-hybridized carbons (Fsp3) is 0.800. The molecule has 0 aromatic rings. The van der Waals surface area contributed by atoms with Crippen molar-refractivity contribution in [3.63, 3.8) is 0 Å².